The summed E-state index contributed by atoms with van der Waals surface area (Å²) in [6.07, 6.45) is 1.25. The molecular weight excluding hydrogens is 260 g/mol. The van der Waals surface area contributed by atoms with Gasteiger partial charge in [0.1, 0.15) is 18.1 Å². The number of ether oxygens (including phenoxy) is 2. The summed E-state index contributed by atoms with van der Waals surface area (Å²) in [7, 11) is -4.12. The van der Waals surface area contributed by atoms with E-state index < -0.39 is 28.4 Å². The van der Waals surface area contributed by atoms with Gasteiger partial charge < -0.3 is 9.47 Å². The van der Waals surface area contributed by atoms with Gasteiger partial charge in [-0.1, -0.05) is 6.58 Å². The van der Waals surface area contributed by atoms with Crippen LogP contribution in [-0.4, -0.2) is 31.3 Å². The topological polar surface area (TPSA) is 89.9 Å². The second-order valence-corrected chi connectivity index (χ2v) is 4.80. The van der Waals surface area contributed by atoms with Crippen LogP contribution in [0.3, 0.4) is 0 Å². The molecule has 0 aliphatic heterocycles. The molecule has 18 heavy (non-hydrogen) atoms. The highest BCUT2D eigenvalue weighted by Gasteiger charge is 2.10. The fraction of sp³-hybridized carbons (Fsp3) is 0.182. The van der Waals surface area contributed by atoms with Gasteiger partial charge in [-0.15, -0.1) is 0 Å². The predicted octanol–water partition coefficient (Wildman–Crippen LogP) is 1.25. The lowest BCUT2D eigenvalue weighted by atomic mass is 10.2. The van der Waals surface area contributed by atoms with E-state index in [9.17, 15) is 13.2 Å². The van der Waals surface area contributed by atoms with Crippen molar-refractivity contribution < 1.29 is 27.2 Å². The number of benzene rings is 1. The highest BCUT2D eigenvalue weighted by molar-refractivity contribution is 7.85. The van der Waals surface area contributed by atoms with Crippen LogP contribution in [0.4, 0.5) is 0 Å². The maximum absolute atomic E-state index is 11.4. The highest BCUT2D eigenvalue weighted by Crippen LogP contribution is 2.13. The van der Waals surface area contributed by atoms with Gasteiger partial charge in [0, 0.05) is 0 Å². The third-order valence-corrected chi connectivity index (χ3v) is 2.57. The molecule has 0 fully saturated rings. The predicted molar refractivity (Wildman–Crippen MR) is 64.0 cm³/mol. The van der Waals surface area contributed by atoms with Gasteiger partial charge in [-0.05, 0) is 24.3 Å². The summed E-state index contributed by atoms with van der Waals surface area (Å²) < 4.78 is 38.9. The van der Waals surface area contributed by atoms with Crippen LogP contribution in [0.2, 0.25) is 0 Å². The van der Waals surface area contributed by atoms with Gasteiger partial charge in [-0.2, -0.15) is 8.42 Å². The zero-order chi connectivity index (χ0) is 13.6. The number of carbonyl (C=O) groups is 1. The van der Waals surface area contributed by atoms with Crippen molar-refractivity contribution in [1.82, 2.24) is 0 Å². The van der Waals surface area contributed by atoms with E-state index in [2.05, 4.69) is 11.3 Å². The summed E-state index contributed by atoms with van der Waals surface area (Å²) in [6.45, 7) is 2.98. The smallest absolute Gasteiger partial charge is 0.338 e. The van der Waals surface area contributed by atoms with E-state index in [0.717, 1.165) is 0 Å². The van der Waals surface area contributed by atoms with Crippen molar-refractivity contribution >= 4 is 16.1 Å². The quantitative estimate of drug-likeness (QED) is 0.476. The Labute approximate surface area is 105 Å². The summed E-state index contributed by atoms with van der Waals surface area (Å²) >= 11 is 0. The van der Waals surface area contributed by atoms with Crippen molar-refractivity contribution in [2.45, 2.75) is 0 Å². The highest BCUT2D eigenvalue weighted by atomic mass is 32.2. The molecule has 0 atom stereocenters. The Balaban J connectivity index is 2.54. The van der Waals surface area contributed by atoms with Gasteiger partial charge in [0.05, 0.1) is 11.8 Å². The molecule has 98 valence electrons. The molecule has 0 saturated carbocycles. The minimum absolute atomic E-state index is 0.252. The van der Waals surface area contributed by atoms with Crippen molar-refractivity contribution in [2.75, 3.05) is 12.4 Å². The van der Waals surface area contributed by atoms with Gasteiger partial charge >= 0.3 is 5.97 Å². The monoisotopic (exact) mass is 272 g/mol. The first-order valence-corrected chi connectivity index (χ1v) is 6.53. The minimum Gasteiger partial charge on any atom is -0.466 e. The van der Waals surface area contributed by atoms with E-state index in [-0.39, 0.29) is 5.56 Å². The van der Waals surface area contributed by atoms with Gasteiger partial charge in [0.2, 0.25) is 0 Å². The van der Waals surface area contributed by atoms with Crippen LogP contribution in [0.5, 0.6) is 5.75 Å². The van der Waals surface area contributed by atoms with Crippen LogP contribution in [0, 0.1) is 0 Å². The SMILES string of the molecule is C=COc1ccc(C(=O)OCCS(=O)(=O)O)cc1. The lowest BCUT2D eigenvalue weighted by Crippen LogP contribution is -2.14. The van der Waals surface area contributed by atoms with Gasteiger partial charge in [0.15, 0.2) is 0 Å². The zero-order valence-electron chi connectivity index (χ0n) is 9.40. The van der Waals surface area contributed by atoms with E-state index in [4.69, 9.17) is 9.29 Å². The van der Waals surface area contributed by atoms with Crippen LogP contribution in [0.25, 0.3) is 0 Å². The maximum Gasteiger partial charge on any atom is 0.338 e. The van der Waals surface area contributed by atoms with Crippen LogP contribution in [0.1, 0.15) is 10.4 Å². The van der Waals surface area contributed by atoms with Crippen molar-refractivity contribution in [2.24, 2.45) is 0 Å². The average molecular weight is 272 g/mol. The molecule has 1 aromatic rings. The second-order valence-electron chi connectivity index (χ2n) is 3.23. The van der Waals surface area contributed by atoms with Gasteiger partial charge in [0.25, 0.3) is 10.1 Å². The van der Waals surface area contributed by atoms with Crippen molar-refractivity contribution in [3.63, 3.8) is 0 Å². The van der Waals surface area contributed by atoms with Gasteiger partial charge in [-0.25, -0.2) is 4.79 Å². The molecule has 0 aliphatic carbocycles. The largest absolute Gasteiger partial charge is 0.466 e. The minimum atomic E-state index is -4.12. The molecule has 0 aromatic heterocycles. The first-order valence-electron chi connectivity index (χ1n) is 4.92. The van der Waals surface area contributed by atoms with Crippen LogP contribution >= 0.6 is 0 Å². The van der Waals surface area contributed by atoms with E-state index in [1.165, 1.54) is 18.4 Å². The molecule has 0 amide bonds. The molecule has 1 N–H and O–H groups in total. The lowest BCUT2D eigenvalue weighted by Gasteiger charge is -2.04. The standard InChI is InChI=1S/C11H12O6S/c1-2-16-10-5-3-9(4-6-10)11(12)17-7-8-18(13,14)15/h2-6H,1,7-8H2,(H,13,14,15). The normalized spacial score (nSPS) is 10.7. The number of esters is 1. The second kappa shape index (κ2) is 6.18. The Morgan fingerprint density at radius 3 is 2.44 bits per heavy atom. The Hall–Kier alpha value is -1.86. The third-order valence-electron chi connectivity index (χ3n) is 1.88. The number of carbonyl (C=O) groups excluding carboxylic acids is 1. The summed E-state index contributed by atoms with van der Waals surface area (Å²) in [6, 6.07) is 6.02. The van der Waals surface area contributed by atoms with Gasteiger partial charge in [-0.3, -0.25) is 4.55 Å². The van der Waals surface area contributed by atoms with Crippen molar-refractivity contribution in [3.8, 4) is 5.75 Å². The first-order chi connectivity index (χ1) is 8.42. The molecule has 0 spiro atoms. The van der Waals surface area contributed by atoms with E-state index in [1.54, 1.807) is 12.1 Å². The fourth-order valence-electron chi connectivity index (χ4n) is 1.09. The Bertz CT molecular complexity index is 517. The van der Waals surface area contributed by atoms with Crippen LogP contribution in [0.15, 0.2) is 37.1 Å². The molecule has 6 nitrogen and oxygen atoms in total. The molecule has 7 heteroatoms. The van der Waals surface area contributed by atoms with Crippen molar-refractivity contribution in [1.29, 1.82) is 0 Å². The van der Waals surface area contributed by atoms with E-state index in [1.807, 2.05) is 0 Å². The molecule has 0 saturated heterocycles. The maximum atomic E-state index is 11.4. The number of hydrogen-bond acceptors (Lipinski definition) is 5. The van der Waals surface area contributed by atoms with Crippen molar-refractivity contribution in [3.05, 3.63) is 42.7 Å². The Morgan fingerprint density at radius 2 is 1.94 bits per heavy atom. The average Bonchev–Trinajstić information content (AvgIpc) is 2.28. The molecule has 0 aliphatic rings. The molecule has 1 aromatic carbocycles. The summed E-state index contributed by atoms with van der Waals surface area (Å²) in [5, 5.41) is 0. The third kappa shape index (κ3) is 4.98. The molecule has 0 radical (unpaired) electrons. The lowest BCUT2D eigenvalue weighted by molar-refractivity contribution is 0.0528. The summed E-state index contributed by atoms with van der Waals surface area (Å²) in [5.41, 5.74) is 0.252. The fourth-order valence-corrected chi connectivity index (χ4v) is 1.38. The zero-order valence-corrected chi connectivity index (χ0v) is 10.2. The molecule has 0 unspecified atom stereocenters. The molecule has 1 rings (SSSR count). The van der Waals surface area contributed by atoms with E-state index in [0.29, 0.717) is 5.75 Å². The molecular formula is C11H12O6S. The summed E-state index contributed by atoms with van der Waals surface area (Å²) in [4.78, 5) is 11.4. The number of hydrogen-bond donors (Lipinski definition) is 1. The summed E-state index contributed by atoms with van der Waals surface area (Å²) in [5.74, 6) is -0.792. The van der Waals surface area contributed by atoms with Crippen LogP contribution < -0.4 is 4.74 Å². The Kier molecular flexibility index (Phi) is 4.87. The molecule has 0 heterocycles. The number of rotatable bonds is 6. The van der Waals surface area contributed by atoms with Crippen LogP contribution in [-0.2, 0) is 14.9 Å². The Morgan fingerprint density at radius 1 is 1.33 bits per heavy atom. The molecule has 0 bridgehead atoms. The van der Waals surface area contributed by atoms with E-state index >= 15 is 0 Å². The first kappa shape index (κ1) is 14.2.